The van der Waals surface area contributed by atoms with Crippen LogP contribution >= 0.6 is 11.8 Å². The van der Waals surface area contributed by atoms with Crippen LogP contribution in [0.25, 0.3) is 11.4 Å². The van der Waals surface area contributed by atoms with Crippen LogP contribution in [0.15, 0.2) is 40.6 Å². The summed E-state index contributed by atoms with van der Waals surface area (Å²) in [6.45, 7) is 1.86. The Morgan fingerprint density at radius 2 is 1.95 bits per heavy atom. The summed E-state index contributed by atoms with van der Waals surface area (Å²) in [5.41, 5.74) is 1.70. The van der Waals surface area contributed by atoms with Crippen molar-refractivity contribution in [3.05, 3.63) is 30.3 Å². The van der Waals surface area contributed by atoms with Crippen LogP contribution in [0.2, 0.25) is 0 Å². The molecule has 0 N–H and O–H groups in total. The van der Waals surface area contributed by atoms with E-state index < -0.39 is 0 Å². The molecular weight excluding hydrogens is 286 g/mol. The van der Waals surface area contributed by atoms with Gasteiger partial charge in [0.2, 0.25) is 11.1 Å². The van der Waals surface area contributed by atoms with Crippen LogP contribution < -0.4 is 0 Å². The average Bonchev–Trinajstić information content (AvgIpc) is 2.89. The van der Waals surface area contributed by atoms with Crippen LogP contribution in [0.5, 0.6) is 0 Å². The van der Waals surface area contributed by atoms with Gasteiger partial charge in [-0.3, -0.25) is 4.79 Å². The molecule has 0 radical (unpaired) electrons. The molecule has 2 aromatic rings. The fourth-order valence-electron chi connectivity index (χ4n) is 2.06. The van der Waals surface area contributed by atoms with Gasteiger partial charge in [-0.15, -0.1) is 10.2 Å². The third-order valence-corrected chi connectivity index (χ3v) is 4.41. The number of fused-ring (bicyclic) bond motifs is 1. The molecule has 1 aliphatic heterocycles. The van der Waals surface area contributed by atoms with E-state index in [1.54, 1.807) is 23.7 Å². The molecule has 1 aromatic carbocycles. The lowest BCUT2D eigenvalue weighted by atomic mass is 10.2. The van der Waals surface area contributed by atoms with E-state index in [0.29, 0.717) is 11.0 Å². The van der Waals surface area contributed by atoms with Crippen molar-refractivity contribution in [2.75, 3.05) is 14.1 Å². The lowest BCUT2D eigenvalue weighted by molar-refractivity contribution is -0.126. The third kappa shape index (κ3) is 2.44. The predicted octanol–water partition coefficient (Wildman–Crippen LogP) is 1.73. The first-order chi connectivity index (χ1) is 10.1. The maximum Gasteiger partial charge on any atom is 0.241 e. The maximum absolute atomic E-state index is 12.2. The van der Waals surface area contributed by atoms with Crippen LogP contribution in [0, 0.1) is 0 Å². The zero-order valence-electron chi connectivity index (χ0n) is 12.0. The van der Waals surface area contributed by atoms with Gasteiger partial charge in [-0.05, 0) is 6.92 Å². The molecule has 0 spiro atoms. The van der Waals surface area contributed by atoms with Crippen molar-refractivity contribution in [1.82, 2.24) is 19.8 Å². The number of hydrogen-bond donors (Lipinski definition) is 0. The first kappa shape index (κ1) is 13.8. The Morgan fingerprint density at radius 1 is 1.24 bits per heavy atom. The van der Waals surface area contributed by atoms with Gasteiger partial charge in [-0.2, -0.15) is 9.78 Å². The number of carbonyl (C=O) groups is 1. The van der Waals surface area contributed by atoms with Gasteiger partial charge in [0.1, 0.15) is 5.25 Å². The molecule has 21 heavy (non-hydrogen) atoms. The van der Waals surface area contributed by atoms with Gasteiger partial charge in [0.15, 0.2) is 5.82 Å². The molecule has 0 bridgehead atoms. The van der Waals surface area contributed by atoms with E-state index in [2.05, 4.69) is 15.3 Å². The van der Waals surface area contributed by atoms with Crippen LogP contribution in [0.4, 0.5) is 0 Å². The van der Waals surface area contributed by atoms with Crippen molar-refractivity contribution < 1.29 is 4.79 Å². The standard InChI is InChI=1S/C14H15N5OS/c1-9-11(13(20)18(2)3)21-14-16-15-12(19(14)17-9)10-7-5-4-6-8-10/h4-8,11H,1-3H3/t11-/m0/s1. The summed E-state index contributed by atoms with van der Waals surface area (Å²) in [6, 6.07) is 9.77. The number of benzene rings is 1. The number of carbonyl (C=O) groups excluding carboxylic acids is 1. The molecule has 1 atom stereocenters. The molecule has 2 heterocycles. The molecule has 1 aliphatic rings. The number of amides is 1. The van der Waals surface area contributed by atoms with Gasteiger partial charge in [0.05, 0.1) is 5.71 Å². The summed E-state index contributed by atoms with van der Waals surface area (Å²) in [7, 11) is 3.48. The zero-order valence-corrected chi connectivity index (χ0v) is 12.8. The van der Waals surface area contributed by atoms with Gasteiger partial charge < -0.3 is 4.90 Å². The first-order valence-corrected chi connectivity index (χ1v) is 7.40. The van der Waals surface area contributed by atoms with Crippen molar-refractivity contribution in [3.8, 4) is 11.4 Å². The van der Waals surface area contributed by atoms with E-state index in [4.69, 9.17) is 0 Å². The minimum absolute atomic E-state index is 0.0109. The van der Waals surface area contributed by atoms with Gasteiger partial charge in [0.25, 0.3) is 0 Å². The minimum atomic E-state index is -0.333. The Morgan fingerprint density at radius 3 is 2.62 bits per heavy atom. The second kappa shape index (κ2) is 5.33. The number of aromatic nitrogens is 3. The van der Waals surface area contributed by atoms with Crippen LogP contribution in [0.1, 0.15) is 6.92 Å². The maximum atomic E-state index is 12.2. The highest BCUT2D eigenvalue weighted by atomic mass is 32.2. The lowest BCUT2D eigenvalue weighted by Crippen LogP contribution is -2.37. The van der Waals surface area contributed by atoms with Crippen molar-refractivity contribution in [2.45, 2.75) is 17.3 Å². The summed E-state index contributed by atoms with van der Waals surface area (Å²) < 4.78 is 1.70. The van der Waals surface area contributed by atoms with Crippen molar-refractivity contribution in [3.63, 3.8) is 0 Å². The fraction of sp³-hybridized carbons (Fsp3) is 0.286. The predicted molar refractivity (Wildman–Crippen MR) is 82.3 cm³/mol. The molecule has 0 unspecified atom stereocenters. The molecule has 7 heteroatoms. The Kier molecular flexibility index (Phi) is 3.50. The number of hydrogen-bond acceptors (Lipinski definition) is 5. The van der Waals surface area contributed by atoms with Gasteiger partial charge in [-0.25, -0.2) is 0 Å². The van der Waals surface area contributed by atoms with Gasteiger partial charge in [0, 0.05) is 19.7 Å². The Hall–Kier alpha value is -2.15. The van der Waals surface area contributed by atoms with Crippen molar-refractivity contribution >= 4 is 23.4 Å². The summed E-state index contributed by atoms with van der Waals surface area (Å²) in [6.07, 6.45) is 0. The van der Waals surface area contributed by atoms with E-state index in [9.17, 15) is 4.79 Å². The zero-order chi connectivity index (χ0) is 15.0. The van der Waals surface area contributed by atoms with Crippen LogP contribution in [0.3, 0.4) is 0 Å². The van der Waals surface area contributed by atoms with Crippen LogP contribution in [-0.2, 0) is 4.79 Å². The number of rotatable bonds is 2. The minimum Gasteiger partial charge on any atom is -0.348 e. The first-order valence-electron chi connectivity index (χ1n) is 6.52. The van der Waals surface area contributed by atoms with Gasteiger partial charge >= 0.3 is 0 Å². The summed E-state index contributed by atoms with van der Waals surface area (Å²) in [5.74, 6) is 0.699. The van der Waals surface area contributed by atoms with Crippen molar-refractivity contribution in [1.29, 1.82) is 0 Å². The summed E-state index contributed by atoms with van der Waals surface area (Å²) >= 11 is 1.38. The molecule has 1 amide bonds. The van der Waals surface area contributed by atoms with E-state index in [-0.39, 0.29) is 11.2 Å². The average molecular weight is 301 g/mol. The molecule has 1 aromatic heterocycles. The smallest absolute Gasteiger partial charge is 0.241 e. The summed E-state index contributed by atoms with van der Waals surface area (Å²) in [5, 5.41) is 13.2. The van der Waals surface area contributed by atoms with E-state index in [0.717, 1.165) is 11.3 Å². The molecule has 0 fully saturated rings. The highest BCUT2D eigenvalue weighted by Crippen LogP contribution is 2.31. The molecule has 6 nitrogen and oxygen atoms in total. The molecular formula is C14H15N5OS. The normalized spacial score (nSPS) is 17.1. The Balaban J connectivity index is 2.00. The van der Waals surface area contributed by atoms with E-state index >= 15 is 0 Å². The molecule has 0 aliphatic carbocycles. The summed E-state index contributed by atoms with van der Waals surface area (Å²) in [4.78, 5) is 13.7. The largest absolute Gasteiger partial charge is 0.348 e. The van der Waals surface area contributed by atoms with E-state index in [1.807, 2.05) is 37.3 Å². The molecule has 0 saturated carbocycles. The quantitative estimate of drug-likeness (QED) is 0.847. The highest BCUT2D eigenvalue weighted by Gasteiger charge is 2.31. The van der Waals surface area contributed by atoms with E-state index in [1.165, 1.54) is 11.8 Å². The third-order valence-electron chi connectivity index (χ3n) is 3.17. The second-order valence-electron chi connectivity index (χ2n) is 4.96. The molecule has 0 saturated heterocycles. The van der Waals surface area contributed by atoms with Crippen molar-refractivity contribution in [2.24, 2.45) is 5.10 Å². The SMILES string of the molecule is CC1=Nn2c(nnc2-c2ccccc2)S[C@@H]1C(=O)N(C)C. The topological polar surface area (TPSA) is 63.4 Å². The second-order valence-corrected chi connectivity index (χ2v) is 6.03. The Bertz CT molecular complexity index is 707. The highest BCUT2D eigenvalue weighted by molar-refractivity contribution is 8.01. The number of thioether (sulfide) groups is 1. The molecule has 3 rings (SSSR count). The Labute approximate surface area is 126 Å². The van der Waals surface area contributed by atoms with Gasteiger partial charge in [-0.1, -0.05) is 42.1 Å². The lowest BCUT2D eigenvalue weighted by Gasteiger charge is -2.22. The number of nitrogens with zero attached hydrogens (tertiary/aromatic N) is 5. The van der Waals surface area contributed by atoms with Crippen LogP contribution in [-0.4, -0.2) is 50.7 Å². The fourth-order valence-corrected chi connectivity index (χ4v) is 3.12. The monoisotopic (exact) mass is 301 g/mol. The molecule has 108 valence electrons.